The second-order valence-electron chi connectivity index (χ2n) is 5.00. The van der Waals surface area contributed by atoms with Crippen molar-refractivity contribution in [2.45, 2.75) is 13.5 Å². The summed E-state index contributed by atoms with van der Waals surface area (Å²) in [4.78, 5) is 4.41. The zero-order chi connectivity index (χ0) is 15.2. The van der Waals surface area contributed by atoms with Crippen molar-refractivity contribution in [2.24, 2.45) is 0 Å². The first-order chi connectivity index (χ1) is 10.8. The molecule has 22 heavy (non-hydrogen) atoms. The minimum atomic E-state index is 0.502. The molecule has 0 unspecified atom stereocenters. The Balaban J connectivity index is 1.66. The number of benzene rings is 2. The molecule has 5 heteroatoms. The van der Waals surface area contributed by atoms with Gasteiger partial charge in [-0.15, -0.1) is 5.10 Å². The Labute approximate surface area is 129 Å². The molecule has 0 saturated heterocycles. The molecular formula is C17H17N5. The molecule has 0 radical (unpaired) electrons. The van der Waals surface area contributed by atoms with Crippen LogP contribution in [-0.4, -0.2) is 15.2 Å². The third-order valence-corrected chi connectivity index (χ3v) is 3.14. The van der Waals surface area contributed by atoms with Crippen LogP contribution in [0.5, 0.6) is 0 Å². The molecule has 0 aliphatic carbocycles. The number of hydrogen-bond donors (Lipinski definition) is 2. The average molecular weight is 291 g/mol. The van der Waals surface area contributed by atoms with E-state index >= 15 is 0 Å². The minimum Gasteiger partial charge on any atom is -0.349 e. The van der Waals surface area contributed by atoms with Crippen molar-refractivity contribution in [1.82, 2.24) is 15.2 Å². The van der Waals surface area contributed by atoms with Crippen LogP contribution in [0.4, 0.5) is 17.5 Å². The normalized spacial score (nSPS) is 10.2. The van der Waals surface area contributed by atoms with Gasteiger partial charge in [-0.25, -0.2) is 0 Å². The van der Waals surface area contributed by atoms with Gasteiger partial charge < -0.3 is 10.6 Å². The van der Waals surface area contributed by atoms with Crippen molar-refractivity contribution in [3.63, 3.8) is 0 Å². The molecule has 1 heterocycles. The van der Waals surface area contributed by atoms with E-state index in [0.29, 0.717) is 18.3 Å². The topological polar surface area (TPSA) is 62.7 Å². The molecule has 0 bridgehead atoms. The molecule has 0 saturated carbocycles. The van der Waals surface area contributed by atoms with Gasteiger partial charge >= 0.3 is 0 Å². The van der Waals surface area contributed by atoms with Crippen molar-refractivity contribution >= 4 is 17.5 Å². The molecule has 2 N–H and O–H groups in total. The van der Waals surface area contributed by atoms with E-state index in [1.54, 1.807) is 6.20 Å². The quantitative estimate of drug-likeness (QED) is 0.753. The van der Waals surface area contributed by atoms with E-state index in [9.17, 15) is 0 Å². The second-order valence-corrected chi connectivity index (χ2v) is 5.00. The molecule has 0 atom stereocenters. The number of rotatable bonds is 5. The molecule has 0 spiro atoms. The third-order valence-electron chi connectivity index (χ3n) is 3.14. The van der Waals surface area contributed by atoms with Crippen molar-refractivity contribution in [1.29, 1.82) is 0 Å². The van der Waals surface area contributed by atoms with E-state index in [-0.39, 0.29) is 0 Å². The van der Waals surface area contributed by atoms with Crippen molar-refractivity contribution in [3.8, 4) is 0 Å². The highest BCUT2D eigenvalue weighted by molar-refractivity contribution is 5.55. The molecule has 110 valence electrons. The highest BCUT2D eigenvalue weighted by atomic mass is 15.3. The number of anilines is 3. The molecule has 0 fully saturated rings. The lowest BCUT2D eigenvalue weighted by Crippen LogP contribution is -2.06. The van der Waals surface area contributed by atoms with E-state index in [1.807, 2.05) is 36.4 Å². The average Bonchev–Trinajstić information content (AvgIpc) is 2.54. The molecule has 2 aromatic carbocycles. The summed E-state index contributed by atoms with van der Waals surface area (Å²) in [5, 5.41) is 14.4. The minimum absolute atomic E-state index is 0.502. The summed E-state index contributed by atoms with van der Waals surface area (Å²) >= 11 is 0. The number of nitrogens with zero attached hydrogens (tertiary/aromatic N) is 3. The highest BCUT2D eigenvalue weighted by Crippen LogP contribution is 2.14. The van der Waals surface area contributed by atoms with Crippen LogP contribution >= 0.6 is 0 Å². The van der Waals surface area contributed by atoms with E-state index in [0.717, 1.165) is 5.69 Å². The first-order valence-corrected chi connectivity index (χ1v) is 7.11. The Morgan fingerprint density at radius 2 is 1.86 bits per heavy atom. The first-order valence-electron chi connectivity index (χ1n) is 7.11. The second kappa shape index (κ2) is 6.67. The highest BCUT2D eigenvalue weighted by Gasteiger charge is 2.01. The van der Waals surface area contributed by atoms with Crippen LogP contribution in [0.15, 0.2) is 60.8 Å². The molecule has 3 aromatic rings. The standard InChI is InChI=1S/C17H17N5/c1-13-6-5-7-14(10-13)11-18-17-21-16(12-19-22-17)20-15-8-3-2-4-9-15/h2-10,12H,11H2,1H3,(H2,18,20,21,22). The van der Waals surface area contributed by atoms with Crippen LogP contribution in [-0.2, 0) is 6.54 Å². The zero-order valence-corrected chi connectivity index (χ0v) is 12.3. The lowest BCUT2D eigenvalue weighted by Gasteiger charge is -2.08. The van der Waals surface area contributed by atoms with Crippen LogP contribution in [0.1, 0.15) is 11.1 Å². The molecule has 5 nitrogen and oxygen atoms in total. The van der Waals surface area contributed by atoms with Gasteiger partial charge in [-0.05, 0) is 24.6 Å². The maximum Gasteiger partial charge on any atom is 0.244 e. The Kier molecular flexibility index (Phi) is 4.25. The molecule has 0 amide bonds. The van der Waals surface area contributed by atoms with Crippen LogP contribution in [0, 0.1) is 6.92 Å². The zero-order valence-electron chi connectivity index (χ0n) is 12.3. The number of nitrogens with one attached hydrogen (secondary N) is 2. The van der Waals surface area contributed by atoms with Gasteiger partial charge in [0.25, 0.3) is 0 Å². The lowest BCUT2D eigenvalue weighted by molar-refractivity contribution is 0.948. The van der Waals surface area contributed by atoms with Crippen LogP contribution in [0.3, 0.4) is 0 Å². The summed E-state index contributed by atoms with van der Waals surface area (Å²) in [6.07, 6.45) is 1.60. The molecule has 3 rings (SSSR count). The summed E-state index contributed by atoms with van der Waals surface area (Å²) in [6, 6.07) is 18.2. The maximum absolute atomic E-state index is 4.41. The van der Waals surface area contributed by atoms with Crippen molar-refractivity contribution < 1.29 is 0 Å². The Morgan fingerprint density at radius 3 is 2.68 bits per heavy atom. The fraction of sp³-hybridized carbons (Fsp3) is 0.118. The summed E-state index contributed by atoms with van der Waals surface area (Å²) < 4.78 is 0. The number of aryl methyl sites for hydroxylation is 1. The maximum atomic E-state index is 4.41. The van der Waals surface area contributed by atoms with Gasteiger partial charge in [-0.3, -0.25) is 0 Å². The summed E-state index contributed by atoms with van der Waals surface area (Å²) in [5.41, 5.74) is 3.38. The van der Waals surface area contributed by atoms with E-state index in [2.05, 4.69) is 50.9 Å². The predicted octanol–water partition coefficient (Wildman–Crippen LogP) is 3.54. The number of hydrogen-bond acceptors (Lipinski definition) is 5. The van der Waals surface area contributed by atoms with Crippen LogP contribution in [0.25, 0.3) is 0 Å². The van der Waals surface area contributed by atoms with E-state index in [1.165, 1.54) is 11.1 Å². The summed E-state index contributed by atoms with van der Waals surface area (Å²) in [7, 11) is 0. The van der Waals surface area contributed by atoms with E-state index in [4.69, 9.17) is 0 Å². The first kappa shape index (κ1) is 14.0. The molecular weight excluding hydrogens is 274 g/mol. The Hall–Kier alpha value is -2.95. The van der Waals surface area contributed by atoms with E-state index < -0.39 is 0 Å². The summed E-state index contributed by atoms with van der Waals surface area (Å²) in [6.45, 7) is 2.74. The van der Waals surface area contributed by atoms with Gasteiger partial charge in [0.15, 0.2) is 5.82 Å². The molecule has 0 aliphatic heterocycles. The third kappa shape index (κ3) is 3.79. The Morgan fingerprint density at radius 1 is 1.00 bits per heavy atom. The van der Waals surface area contributed by atoms with Gasteiger partial charge in [0.05, 0.1) is 6.20 Å². The predicted molar refractivity (Wildman–Crippen MR) is 88.1 cm³/mol. The van der Waals surface area contributed by atoms with Gasteiger partial charge in [0.2, 0.25) is 5.95 Å². The smallest absolute Gasteiger partial charge is 0.244 e. The van der Waals surface area contributed by atoms with Crippen molar-refractivity contribution in [2.75, 3.05) is 10.6 Å². The van der Waals surface area contributed by atoms with Gasteiger partial charge in [0, 0.05) is 12.2 Å². The van der Waals surface area contributed by atoms with Crippen molar-refractivity contribution in [3.05, 3.63) is 71.9 Å². The SMILES string of the molecule is Cc1cccc(CNc2nncc(Nc3ccccc3)n2)c1. The molecule has 0 aliphatic rings. The van der Waals surface area contributed by atoms with Gasteiger partial charge in [0.1, 0.15) is 0 Å². The molecule has 1 aromatic heterocycles. The summed E-state index contributed by atoms with van der Waals surface area (Å²) in [5.74, 6) is 1.16. The van der Waals surface area contributed by atoms with Gasteiger partial charge in [-0.1, -0.05) is 48.0 Å². The Bertz CT molecular complexity index is 743. The number of para-hydroxylation sites is 1. The fourth-order valence-corrected chi connectivity index (χ4v) is 2.11. The fourth-order valence-electron chi connectivity index (χ4n) is 2.11. The monoisotopic (exact) mass is 291 g/mol. The van der Waals surface area contributed by atoms with Gasteiger partial charge in [-0.2, -0.15) is 10.1 Å². The number of aromatic nitrogens is 3. The van der Waals surface area contributed by atoms with Crippen LogP contribution < -0.4 is 10.6 Å². The lowest BCUT2D eigenvalue weighted by atomic mass is 10.1. The van der Waals surface area contributed by atoms with Crippen LogP contribution in [0.2, 0.25) is 0 Å². The largest absolute Gasteiger partial charge is 0.349 e.